The minimum atomic E-state index is -0.0857. The Kier molecular flexibility index (Phi) is 5.55. The van der Waals surface area contributed by atoms with E-state index in [0.717, 1.165) is 10.9 Å². The maximum absolute atomic E-state index is 12.3. The van der Waals surface area contributed by atoms with Gasteiger partial charge in [0.05, 0.1) is 5.56 Å². The fraction of sp³-hybridized carbons (Fsp3) is 0.500. The van der Waals surface area contributed by atoms with E-state index in [4.69, 9.17) is 5.84 Å². The van der Waals surface area contributed by atoms with Gasteiger partial charge in [0.15, 0.2) is 5.82 Å². The highest BCUT2D eigenvalue weighted by molar-refractivity contribution is 9.10. The standard InChI is InChI=1S/C12H19BrN4O/c1-8(2)4-5-17(3)12(18)10-6-9(13)7-15-11(10)16-14/h6-8H,4-5,14H2,1-3H3,(H,15,16). The zero-order valence-corrected chi connectivity index (χ0v) is 12.5. The highest BCUT2D eigenvalue weighted by Gasteiger charge is 2.17. The first-order valence-corrected chi connectivity index (χ1v) is 6.62. The van der Waals surface area contributed by atoms with Crippen LogP contribution >= 0.6 is 15.9 Å². The molecule has 100 valence electrons. The van der Waals surface area contributed by atoms with E-state index in [-0.39, 0.29) is 5.91 Å². The molecule has 1 aromatic heterocycles. The molecular weight excluding hydrogens is 296 g/mol. The van der Waals surface area contributed by atoms with Crippen molar-refractivity contribution in [2.75, 3.05) is 19.0 Å². The number of nitrogens with two attached hydrogens (primary N) is 1. The highest BCUT2D eigenvalue weighted by atomic mass is 79.9. The van der Waals surface area contributed by atoms with Gasteiger partial charge < -0.3 is 10.3 Å². The smallest absolute Gasteiger partial charge is 0.257 e. The van der Waals surface area contributed by atoms with Crippen LogP contribution in [0.15, 0.2) is 16.7 Å². The molecule has 3 N–H and O–H groups in total. The van der Waals surface area contributed by atoms with Gasteiger partial charge in [0.1, 0.15) is 0 Å². The predicted molar refractivity (Wildman–Crippen MR) is 76.2 cm³/mol. The van der Waals surface area contributed by atoms with Crippen LogP contribution in [0.5, 0.6) is 0 Å². The molecule has 1 aromatic rings. The summed E-state index contributed by atoms with van der Waals surface area (Å²) in [5, 5.41) is 0. The molecule has 0 spiro atoms. The van der Waals surface area contributed by atoms with Crippen molar-refractivity contribution < 1.29 is 4.79 Å². The predicted octanol–water partition coefficient (Wildman–Crippen LogP) is 2.25. The number of anilines is 1. The number of carbonyl (C=O) groups excluding carboxylic acids is 1. The molecular formula is C12H19BrN4O. The number of hydrogen-bond acceptors (Lipinski definition) is 4. The molecule has 0 bridgehead atoms. The number of rotatable bonds is 5. The molecule has 0 aromatic carbocycles. The summed E-state index contributed by atoms with van der Waals surface area (Å²) in [6.07, 6.45) is 2.56. The Morgan fingerprint density at radius 1 is 1.61 bits per heavy atom. The molecule has 5 nitrogen and oxygen atoms in total. The van der Waals surface area contributed by atoms with Crippen LogP contribution in [0.25, 0.3) is 0 Å². The molecule has 1 heterocycles. The lowest BCUT2D eigenvalue weighted by molar-refractivity contribution is 0.0789. The van der Waals surface area contributed by atoms with E-state index < -0.39 is 0 Å². The van der Waals surface area contributed by atoms with Crippen molar-refractivity contribution in [1.82, 2.24) is 9.88 Å². The lowest BCUT2D eigenvalue weighted by Crippen LogP contribution is -2.30. The summed E-state index contributed by atoms with van der Waals surface area (Å²) in [6.45, 7) is 4.98. The van der Waals surface area contributed by atoms with E-state index in [1.54, 1.807) is 24.2 Å². The van der Waals surface area contributed by atoms with Crippen LogP contribution in [0.3, 0.4) is 0 Å². The van der Waals surface area contributed by atoms with Crippen molar-refractivity contribution in [1.29, 1.82) is 0 Å². The second-order valence-electron chi connectivity index (χ2n) is 4.60. The van der Waals surface area contributed by atoms with Gasteiger partial charge in [-0.2, -0.15) is 0 Å². The van der Waals surface area contributed by atoms with Crippen LogP contribution in [-0.4, -0.2) is 29.4 Å². The van der Waals surface area contributed by atoms with Gasteiger partial charge in [-0.15, -0.1) is 0 Å². The molecule has 18 heavy (non-hydrogen) atoms. The molecule has 0 radical (unpaired) electrons. The van der Waals surface area contributed by atoms with Gasteiger partial charge in [0.25, 0.3) is 5.91 Å². The largest absolute Gasteiger partial charge is 0.342 e. The third kappa shape index (κ3) is 3.96. The molecule has 0 saturated carbocycles. The number of nitrogens with one attached hydrogen (secondary N) is 1. The van der Waals surface area contributed by atoms with Gasteiger partial charge in [0, 0.05) is 24.3 Å². The quantitative estimate of drug-likeness (QED) is 0.646. The van der Waals surface area contributed by atoms with Crippen molar-refractivity contribution in [2.24, 2.45) is 11.8 Å². The number of hydrazine groups is 1. The van der Waals surface area contributed by atoms with Crippen molar-refractivity contribution in [2.45, 2.75) is 20.3 Å². The number of aromatic nitrogens is 1. The third-order valence-electron chi connectivity index (χ3n) is 2.61. The molecule has 0 aliphatic carbocycles. The molecule has 1 rings (SSSR count). The number of nitrogens with zero attached hydrogens (tertiary/aromatic N) is 2. The average Bonchev–Trinajstić information content (AvgIpc) is 2.34. The van der Waals surface area contributed by atoms with Crippen LogP contribution in [0, 0.1) is 5.92 Å². The minimum absolute atomic E-state index is 0.0857. The summed E-state index contributed by atoms with van der Waals surface area (Å²) in [5.74, 6) is 6.23. The number of nitrogen functional groups attached to an aromatic ring is 1. The second kappa shape index (κ2) is 6.70. The summed E-state index contributed by atoms with van der Waals surface area (Å²) in [7, 11) is 1.78. The number of hydrogen-bond donors (Lipinski definition) is 2. The number of halogens is 1. The lowest BCUT2D eigenvalue weighted by atomic mass is 10.1. The van der Waals surface area contributed by atoms with Gasteiger partial charge in [-0.25, -0.2) is 10.8 Å². The zero-order chi connectivity index (χ0) is 13.7. The van der Waals surface area contributed by atoms with Gasteiger partial charge >= 0.3 is 0 Å². The molecule has 0 aliphatic heterocycles. The fourth-order valence-electron chi connectivity index (χ4n) is 1.48. The first-order chi connectivity index (χ1) is 8.45. The van der Waals surface area contributed by atoms with E-state index in [1.807, 2.05) is 0 Å². The summed E-state index contributed by atoms with van der Waals surface area (Å²) in [6, 6.07) is 1.72. The third-order valence-corrected chi connectivity index (χ3v) is 3.04. The van der Waals surface area contributed by atoms with E-state index in [0.29, 0.717) is 23.8 Å². The zero-order valence-electron chi connectivity index (χ0n) is 10.9. The monoisotopic (exact) mass is 314 g/mol. The first kappa shape index (κ1) is 14.9. The topological polar surface area (TPSA) is 71.2 Å². The average molecular weight is 315 g/mol. The van der Waals surface area contributed by atoms with Crippen LogP contribution in [0.4, 0.5) is 5.82 Å². The lowest BCUT2D eigenvalue weighted by Gasteiger charge is -2.19. The Morgan fingerprint density at radius 3 is 2.83 bits per heavy atom. The molecule has 0 unspecified atom stereocenters. The Morgan fingerprint density at radius 2 is 2.28 bits per heavy atom. The van der Waals surface area contributed by atoms with Crippen molar-refractivity contribution in [3.63, 3.8) is 0 Å². The molecule has 0 saturated heterocycles. The van der Waals surface area contributed by atoms with Gasteiger partial charge in [-0.05, 0) is 34.3 Å². The highest BCUT2D eigenvalue weighted by Crippen LogP contribution is 2.19. The van der Waals surface area contributed by atoms with E-state index in [2.05, 4.69) is 40.2 Å². The van der Waals surface area contributed by atoms with Crippen LogP contribution in [0.2, 0.25) is 0 Å². The molecule has 6 heteroatoms. The number of amides is 1. The van der Waals surface area contributed by atoms with Crippen LogP contribution in [0.1, 0.15) is 30.6 Å². The van der Waals surface area contributed by atoms with Crippen molar-refractivity contribution >= 4 is 27.7 Å². The SMILES string of the molecule is CC(C)CCN(C)C(=O)c1cc(Br)cnc1NN. The Hall–Kier alpha value is -1.14. The van der Waals surface area contributed by atoms with E-state index in [1.165, 1.54) is 0 Å². The minimum Gasteiger partial charge on any atom is -0.342 e. The Labute approximate surface area is 116 Å². The van der Waals surface area contributed by atoms with Crippen molar-refractivity contribution in [3.05, 3.63) is 22.3 Å². The van der Waals surface area contributed by atoms with Crippen LogP contribution in [-0.2, 0) is 0 Å². The van der Waals surface area contributed by atoms with Gasteiger partial charge in [0.2, 0.25) is 0 Å². The Balaban J connectivity index is 2.85. The maximum atomic E-state index is 12.3. The summed E-state index contributed by atoms with van der Waals surface area (Å²) >= 11 is 3.30. The second-order valence-corrected chi connectivity index (χ2v) is 5.52. The molecule has 1 amide bonds. The van der Waals surface area contributed by atoms with E-state index in [9.17, 15) is 4.79 Å². The number of pyridine rings is 1. The molecule has 0 aliphatic rings. The summed E-state index contributed by atoms with van der Waals surface area (Å²) < 4.78 is 0.752. The van der Waals surface area contributed by atoms with Crippen LogP contribution < -0.4 is 11.3 Å². The number of carbonyl (C=O) groups is 1. The van der Waals surface area contributed by atoms with Crippen molar-refractivity contribution in [3.8, 4) is 0 Å². The fourth-order valence-corrected chi connectivity index (χ4v) is 1.81. The normalized spacial score (nSPS) is 10.6. The summed E-state index contributed by atoms with van der Waals surface area (Å²) in [4.78, 5) is 18.0. The molecule has 0 fully saturated rings. The van der Waals surface area contributed by atoms with E-state index >= 15 is 0 Å². The Bertz CT molecular complexity index is 423. The molecule has 0 atom stereocenters. The van der Waals surface area contributed by atoms with Gasteiger partial charge in [-0.3, -0.25) is 4.79 Å². The van der Waals surface area contributed by atoms with Gasteiger partial charge in [-0.1, -0.05) is 13.8 Å². The summed E-state index contributed by atoms with van der Waals surface area (Å²) in [5.41, 5.74) is 2.91. The maximum Gasteiger partial charge on any atom is 0.257 e. The first-order valence-electron chi connectivity index (χ1n) is 5.83.